The molecule has 0 bridgehead atoms. The fourth-order valence-corrected chi connectivity index (χ4v) is 3.50. The van der Waals surface area contributed by atoms with Gasteiger partial charge in [0.1, 0.15) is 11.5 Å². The van der Waals surface area contributed by atoms with Crippen LogP contribution < -0.4 is 9.47 Å². The van der Waals surface area contributed by atoms with E-state index < -0.39 is 0 Å². The molecule has 0 aliphatic heterocycles. The first-order valence-electron chi connectivity index (χ1n) is 12.5. The van der Waals surface area contributed by atoms with Gasteiger partial charge in [-0.2, -0.15) is 0 Å². The molecule has 3 rings (SSSR count). The van der Waals surface area contributed by atoms with Gasteiger partial charge in [-0.05, 0) is 54.8 Å². The van der Waals surface area contributed by atoms with E-state index in [4.69, 9.17) is 9.47 Å². The molecule has 2 aromatic carbocycles. The number of carbonyl (C=O) groups excluding carboxylic acids is 1. The molecular weight excluding hydrogens is 424 g/mol. The molecule has 1 heterocycles. The van der Waals surface area contributed by atoms with Gasteiger partial charge in [0.05, 0.1) is 12.5 Å². The monoisotopic (exact) mass is 460 g/mol. The topological polar surface area (TPSA) is 61.3 Å². The van der Waals surface area contributed by atoms with Crippen molar-refractivity contribution in [3.63, 3.8) is 0 Å². The number of rotatable bonds is 13. The molecule has 5 heteroatoms. The van der Waals surface area contributed by atoms with Crippen LogP contribution in [0.5, 0.6) is 11.5 Å². The molecule has 0 saturated carbocycles. The fraction of sp³-hybridized carbons (Fsp3) is 0.414. The Morgan fingerprint density at radius 3 is 2.00 bits per heavy atom. The van der Waals surface area contributed by atoms with Crippen LogP contribution in [0.25, 0.3) is 22.5 Å². The van der Waals surface area contributed by atoms with Crippen molar-refractivity contribution in [3.8, 4) is 34.0 Å². The third-order valence-electron chi connectivity index (χ3n) is 5.95. The average Bonchev–Trinajstić information content (AvgIpc) is 2.88. The lowest BCUT2D eigenvalue weighted by Gasteiger charge is -2.09. The predicted octanol–water partition coefficient (Wildman–Crippen LogP) is 7.50. The highest BCUT2D eigenvalue weighted by Gasteiger charge is 2.13. The summed E-state index contributed by atoms with van der Waals surface area (Å²) < 4.78 is 11.3. The van der Waals surface area contributed by atoms with Gasteiger partial charge in [-0.1, -0.05) is 65.0 Å². The van der Waals surface area contributed by atoms with Crippen molar-refractivity contribution in [2.75, 3.05) is 6.61 Å². The molecule has 5 nitrogen and oxygen atoms in total. The Hall–Kier alpha value is -3.21. The minimum atomic E-state index is -0.213. The molecule has 0 fully saturated rings. The largest absolute Gasteiger partial charge is 0.494 e. The normalized spacial score (nSPS) is 11.7. The maximum absolute atomic E-state index is 11.9. The minimum absolute atomic E-state index is 0.114. The van der Waals surface area contributed by atoms with E-state index in [1.807, 2.05) is 62.6 Å². The molecule has 0 aliphatic rings. The van der Waals surface area contributed by atoms with Crippen molar-refractivity contribution >= 4 is 5.97 Å². The van der Waals surface area contributed by atoms with Crippen LogP contribution in [0, 0.1) is 5.92 Å². The van der Waals surface area contributed by atoms with Gasteiger partial charge in [-0.25, -0.2) is 9.97 Å². The van der Waals surface area contributed by atoms with Crippen LogP contribution in [0.1, 0.15) is 65.7 Å². The van der Waals surface area contributed by atoms with E-state index in [1.54, 1.807) is 12.1 Å². The highest BCUT2D eigenvalue weighted by molar-refractivity contribution is 5.75. The van der Waals surface area contributed by atoms with Gasteiger partial charge in [0.15, 0.2) is 5.82 Å². The summed E-state index contributed by atoms with van der Waals surface area (Å²) in [6.07, 6.45) is 12.0. The molecule has 0 amide bonds. The van der Waals surface area contributed by atoms with E-state index in [-0.39, 0.29) is 11.9 Å². The van der Waals surface area contributed by atoms with E-state index in [1.165, 1.54) is 32.1 Å². The van der Waals surface area contributed by atoms with Crippen LogP contribution >= 0.6 is 0 Å². The van der Waals surface area contributed by atoms with Crippen molar-refractivity contribution in [1.82, 2.24) is 9.97 Å². The first-order chi connectivity index (χ1) is 16.6. The van der Waals surface area contributed by atoms with E-state index in [2.05, 4.69) is 16.9 Å². The summed E-state index contributed by atoms with van der Waals surface area (Å²) in [6.45, 7) is 6.83. The van der Waals surface area contributed by atoms with Gasteiger partial charge in [-0.15, -0.1) is 0 Å². The van der Waals surface area contributed by atoms with Crippen LogP contribution in [-0.2, 0) is 4.79 Å². The zero-order valence-corrected chi connectivity index (χ0v) is 20.6. The summed E-state index contributed by atoms with van der Waals surface area (Å²) in [6, 6.07) is 15.4. The fourth-order valence-electron chi connectivity index (χ4n) is 3.50. The molecule has 1 atom stereocenters. The van der Waals surface area contributed by atoms with Crippen LogP contribution in [0.15, 0.2) is 60.9 Å². The molecule has 0 N–H and O–H groups in total. The van der Waals surface area contributed by atoms with Crippen molar-refractivity contribution < 1.29 is 14.3 Å². The quantitative estimate of drug-likeness (QED) is 0.150. The van der Waals surface area contributed by atoms with Crippen LogP contribution in [-0.4, -0.2) is 22.5 Å². The summed E-state index contributed by atoms with van der Waals surface area (Å²) in [5, 5.41) is 0. The summed E-state index contributed by atoms with van der Waals surface area (Å²) in [5.41, 5.74) is 2.87. The Balaban J connectivity index is 1.51. The molecule has 0 radical (unpaired) electrons. The third-order valence-corrected chi connectivity index (χ3v) is 5.95. The molecule has 0 spiro atoms. The van der Waals surface area contributed by atoms with Gasteiger partial charge in [-0.3, -0.25) is 4.79 Å². The smallest absolute Gasteiger partial charge is 0.314 e. The first-order valence-corrected chi connectivity index (χ1v) is 12.5. The Labute approximate surface area is 203 Å². The summed E-state index contributed by atoms with van der Waals surface area (Å²) in [7, 11) is 0. The Morgan fingerprint density at radius 1 is 0.765 bits per heavy atom. The van der Waals surface area contributed by atoms with E-state index >= 15 is 0 Å². The highest BCUT2D eigenvalue weighted by atomic mass is 16.5. The highest BCUT2D eigenvalue weighted by Crippen LogP contribution is 2.24. The van der Waals surface area contributed by atoms with Crippen LogP contribution in [0.4, 0.5) is 0 Å². The average molecular weight is 461 g/mol. The molecule has 0 saturated heterocycles. The van der Waals surface area contributed by atoms with Gasteiger partial charge >= 0.3 is 5.97 Å². The molecule has 180 valence electrons. The van der Waals surface area contributed by atoms with Crippen molar-refractivity contribution in [1.29, 1.82) is 0 Å². The second-order valence-corrected chi connectivity index (χ2v) is 8.69. The molecule has 1 aromatic heterocycles. The maximum Gasteiger partial charge on any atom is 0.314 e. The van der Waals surface area contributed by atoms with Gasteiger partial charge in [0.25, 0.3) is 0 Å². The lowest BCUT2D eigenvalue weighted by atomic mass is 10.1. The zero-order chi connectivity index (χ0) is 24.2. The Kier molecular flexibility index (Phi) is 10.1. The van der Waals surface area contributed by atoms with Crippen molar-refractivity contribution in [2.45, 2.75) is 65.7 Å². The molecule has 0 aliphatic carbocycles. The third kappa shape index (κ3) is 7.68. The molecule has 1 unspecified atom stereocenters. The minimum Gasteiger partial charge on any atom is -0.494 e. The first kappa shape index (κ1) is 25.4. The molecule has 3 aromatic rings. The van der Waals surface area contributed by atoms with Crippen LogP contribution in [0.2, 0.25) is 0 Å². The SMILES string of the molecule is CCCCCCCCOc1ccc(-c2cnc(-c3ccc(OC(=O)C(C)CC)cc3)nc2)cc1. The zero-order valence-electron chi connectivity index (χ0n) is 20.6. The number of hydrogen-bond acceptors (Lipinski definition) is 5. The lowest BCUT2D eigenvalue weighted by molar-refractivity contribution is -0.138. The van der Waals surface area contributed by atoms with Crippen LogP contribution in [0.3, 0.4) is 0 Å². The van der Waals surface area contributed by atoms with E-state index in [9.17, 15) is 4.79 Å². The summed E-state index contributed by atoms with van der Waals surface area (Å²) in [4.78, 5) is 21.0. The molecule has 34 heavy (non-hydrogen) atoms. The van der Waals surface area contributed by atoms with E-state index in [0.717, 1.165) is 41.9 Å². The lowest BCUT2D eigenvalue weighted by Crippen LogP contribution is -2.16. The number of aromatic nitrogens is 2. The number of hydrogen-bond donors (Lipinski definition) is 0. The second kappa shape index (κ2) is 13.5. The molecular formula is C29H36N2O3. The number of benzene rings is 2. The van der Waals surface area contributed by atoms with Crippen molar-refractivity contribution in [2.24, 2.45) is 5.92 Å². The number of carbonyl (C=O) groups is 1. The number of esters is 1. The standard InChI is InChI=1S/C29H36N2O3/c1-4-6-7-8-9-10-19-33-26-15-11-23(12-16-26)25-20-30-28(31-21-25)24-13-17-27(18-14-24)34-29(32)22(3)5-2/h11-18,20-22H,4-10,19H2,1-3H3. The van der Waals surface area contributed by atoms with Crippen molar-refractivity contribution in [3.05, 3.63) is 60.9 Å². The van der Waals surface area contributed by atoms with E-state index in [0.29, 0.717) is 11.6 Å². The Bertz CT molecular complexity index is 999. The number of nitrogens with zero attached hydrogens (tertiary/aromatic N) is 2. The summed E-state index contributed by atoms with van der Waals surface area (Å²) in [5.74, 6) is 1.72. The summed E-state index contributed by atoms with van der Waals surface area (Å²) >= 11 is 0. The predicted molar refractivity (Wildman–Crippen MR) is 137 cm³/mol. The second-order valence-electron chi connectivity index (χ2n) is 8.69. The number of ether oxygens (including phenoxy) is 2. The van der Waals surface area contributed by atoms with Gasteiger partial charge in [0.2, 0.25) is 0 Å². The van der Waals surface area contributed by atoms with Gasteiger partial charge < -0.3 is 9.47 Å². The Morgan fingerprint density at radius 2 is 1.35 bits per heavy atom. The maximum atomic E-state index is 11.9. The van der Waals surface area contributed by atoms with Gasteiger partial charge in [0, 0.05) is 23.5 Å². The number of unbranched alkanes of at least 4 members (excludes halogenated alkanes) is 5.